The van der Waals surface area contributed by atoms with Crippen LogP contribution in [-0.4, -0.2) is 38.1 Å². The molecule has 5 nitrogen and oxygen atoms in total. The molecule has 2 aromatic rings. The number of carbonyl (C=O) groups excluding carboxylic acids is 1. The molecule has 1 amide bonds. The molecule has 29 heavy (non-hydrogen) atoms. The van der Waals surface area contributed by atoms with Gasteiger partial charge in [-0.1, -0.05) is 24.3 Å². The van der Waals surface area contributed by atoms with Crippen molar-refractivity contribution in [3.05, 3.63) is 58.7 Å². The second-order valence-electron chi connectivity index (χ2n) is 7.97. The Hall–Kier alpha value is -2.95. The van der Waals surface area contributed by atoms with Crippen LogP contribution in [0.1, 0.15) is 43.5 Å². The number of fused-ring (bicyclic) bond motifs is 3. The molecule has 0 fully saturated rings. The Morgan fingerprint density at radius 1 is 1.07 bits per heavy atom. The molecule has 152 valence electrons. The first-order valence-corrected chi connectivity index (χ1v) is 10.0. The Kier molecular flexibility index (Phi) is 4.77. The number of ether oxygens (including phenoxy) is 2. The zero-order chi connectivity index (χ0) is 20.9. The molecule has 0 spiro atoms. The van der Waals surface area contributed by atoms with E-state index in [1.807, 2.05) is 30.1 Å². The highest BCUT2D eigenvalue weighted by atomic mass is 16.5. The van der Waals surface area contributed by atoms with E-state index in [1.54, 1.807) is 14.2 Å². The van der Waals surface area contributed by atoms with E-state index in [4.69, 9.17) is 9.47 Å². The van der Waals surface area contributed by atoms with Crippen LogP contribution in [0.5, 0.6) is 11.5 Å². The minimum atomic E-state index is 0.00452. The predicted molar refractivity (Wildman–Crippen MR) is 115 cm³/mol. The summed E-state index contributed by atoms with van der Waals surface area (Å²) in [6.45, 7) is 6.28. The maximum atomic E-state index is 13.7. The van der Waals surface area contributed by atoms with Crippen molar-refractivity contribution in [2.45, 2.75) is 39.3 Å². The predicted octanol–water partition coefficient (Wildman–Crippen LogP) is 4.42. The largest absolute Gasteiger partial charge is 0.493 e. The third kappa shape index (κ3) is 2.87. The molecular formula is C24H28N2O3. The Balaban J connectivity index is 1.97. The van der Waals surface area contributed by atoms with Crippen molar-refractivity contribution < 1.29 is 14.3 Å². The lowest BCUT2D eigenvalue weighted by atomic mass is 9.90. The van der Waals surface area contributed by atoms with E-state index >= 15 is 0 Å². The molecule has 5 heteroatoms. The number of hydrogen-bond donors (Lipinski definition) is 0. The molecule has 4 rings (SSSR count). The maximum absolute atomic E-state index is 13.7. The van der Waals surface area contributed by atoms with Gasteiger partial charge in [0.1, 0.15) is 0 Å². The first-order chi connectivity index (χ1) is 13.9. The summed E-state index contributed by atoms with van der Waals surface area (Å²) in [4.78, 5) is 17.8. The number of hydrogen-bond acceptors (Lipinski definition) is 4. The maximum Gasteiger partial charge on any atom is 0.252 e. The van der Waals surface area contributed by atoms with E-state index in [1.165, 1.54) is 5.56 Å². The first kappa shape index (κ1) is 19.4. The van der Waals surface area contributed by atoms with Crippen molar-refractivity contribution in [2.24, 2.45) is 0 Å². The van der Waals surface area contributed by atoms with Gasteiger partial charge in [-0.2, -0.15) is 0 Å². The van der Waals surface area contributed by atoms with Crippen LogP contribution in [0.3, 0.4) is 0 Å². The quantitative estimate of drug-likeness (QED) is 0.776. The van der Waals surface area contributed by atoms with Crippen LogP contribution >= 0.6 is 0 Å². The van der Waals surface area contributed by atoms with Crippen molar-refractivity contribution >= 4 is 17.3 Å². The Morgan fingerprint density at radius 2 is 1.72 bits per heavy atom. The Labute approximate surface area is 172 Å². The molecule has 0 saturated heterocycles. The Morgan fingerprint density at radius 3 is 2.38 bits per heavy atom. The van der Waals surface area contributed by atoms with Gasteiger partial charge in [0, 0.05) is 42.4 Å². The van der Waals surface area contributed by atoms with Crippen LogP contribution in [0.15, 0.2) is 42.0 Å². The summed E-state index contributed by atoms with van der Waals surface area (Å²) in [6.07, 6.45) is 0.568. The molecule has 1 atom stereocenters. The first-order valence-electron chi connectivity index (χ1n) is 10.0. The number of nitrogens with zero attached hydrogens (tertiary/aromatic N) is 2. The number of carbonyl (C=O) groups is 1. The minimum Gasteiger partial charge on any atom is -0.493 e. The average Bonchev–Trinajstić information content (AvgIpc) is 2.80. The zero-order valence-corrected chi connectivity index (χ0v) is 17.9. The molecule has 0 aromatic heterocycles. The monoisotopic (exact) mass is 392 g/mol. The van der Waals surface area contributed by atoms with Crippen molar-refractivity contribution in [1.82, 2.24) is 4.90 Å². The second kappa shape index (κ2) is 7.14. The Bertz CT molecular complexity index is 1010. The molecule has 0 bridgehead atoms. The van der Waals surface area contributed by atoms with Gasteiger partial charge in [-0.15, -0.1) is 0 Å². The van der Waals surface area contributed by atoms with Crippen LogP contribution in [0, 0.1) is 0 Å². The zero-order valence-electron chi connectivity index (χ0n) is 17.9. The number of anilines is 1. The van der Waals surface area contributed by atoms with E-state index < -0.39 is 0 Å². The topological polar surface area (TPSA) is 42.0 Å². The number of rotatable bonds is 3. The van der Waals surface area contributed by atoms with E-state index in [2.05, 4.69) is 43.9 Å². The third-order valence-electron chi connectivity index (χ3n) is 6.07. The third-order valence-corrected chi connectivity index (χ3v) is 6.07. The lowest BCUT2D eigenvalue weighted by Gasteiger charge is -2.34. The lowest BCUT2D eigenvalue weighted by Crippen LogP contribution is -2.40. The van der Waals surface area contributed by atoms with Crippen LogP contribution in [0.4, 0.5) is 5.69 Å². The fourth-order valence-electron chi connectivity index (χ4n) is 4.72. The van der Waals surface area contributed by atoms with E-state index in [0.717, 1.165) is 28.1 Å². The minimum absolute atomic E-state index is 0.00452. The van der Waals surface area contributed by atoms with Gasteiger partial charge in [0.15, 0.2) is 11.5 Å². The molecule has 2 aromatic carbocycles. The fraction of sp³-hybridized carbons (Fsp3) is 0.375. The normalized spacial score (nSPS) is 18.3. The van der Waals surface area contributed by atoms with Gasteiger partial charge in [0.25, 0.3) is 5.91 Å². The lowest BCUT2D eigenvalue weighted by molar-refractivity contribution is -0.131. The van der Waals surface area contributed by atoms with E-state index in [9.17, 15) is 4.79 Å². The molecule has 0 radical (unpaired) electrons. The summed E-state index contributed by atoms with van der Waals surface area (Å²) < 4.78 is 11.0. The highest BCUT2D eigenvalue weighted by Crippen LogP contribution is 2.46. The molecule has 0 aliphatic carbocycles. The standard InChI is InChI=1S/C24H28N2O3/c1-14(2)26-15(3)17-9-7-8-10-18(17)23-19(24(26)27)11-16-12-21(28-5)22(29-6)13-20(16)25(23)4/h7-10,12-15H,11H2,1-6H3. The van der Waals surface area contributed by atoms with Crippen LogP contribution < -0.4 is 14.4 Å². The van der Waals surface area contributed by atoms with Crippen LogP contribution in [-0.2, 0) is 11.2 Å². The highest BCUT2D eigenvalue weighted by Gasteiger charge is 2.38. The molecular weight excluding hydrogens is 364 g/mol. The molecule has 2 heterocycles. The SMILES string of the molecule is COc1cc2c(cc1OC)N(C)C1=C(C2)C(=O)N(C(C)C)C(C)c2ccccc21. The summed E-state index contributed by atoms with van der Waals surface area (Å²) in [5, 5.41) is 0. The van der Waals surface area contributed by atoms with Gasteiger partial charge < -0.3 is 19.3 Å². The number of methoxy groups -OCH3 is 2. The van der Waals surface area contributed by atoms with Gasteiger partial charge in [-0.05, 0) is 38.0 Å². The van der Waals surface area contributed by atoms with Crippen LogP contribution in [0.2, 0.25) is 0 Å². The van der Waals surface area contributed by atoms with Crippen molar-refractivity contribution in [1.29, 1.82) is 0 Å². The van der Waals surface area contributed by atoms with Crippen molar-refractivity contribution in [3.8, 4) is 11.5 Å². The van der Waals surface area contributed by atoms with Gasteiger partial charge in [-0.3, -0.25) is 4.79 Å². The molecule has 0 saturated carbocycles. The summed E-state index contributed by atoms with van der Waals surface area (Å²) in [6, 6.07) is 12.5. The molecule has 1 unspecified atom stereocenters. The fourth-order valence-corrected chi connectivity index (χ4v) is 4.72. The van der Waals surface area contributed by atoms with E-state index in [-0.39, 0.29) is 18.0 Å². The van der Waals surface area contributed by atoms with Gasteiger partial charge in [-0.25, -0.2) is 0 Å². The van der Waals surface area contributed by atoms with Crippen molar-refractivity contribution in [2.75, 3.05) is 26.2 Å². The van der Waals surface area contributed by atoms with Gasteiger partial charge in [0.05, 0.1) is 26.0 Å². The summed E-state index contributed by atoms with van der Waals surface area (Å²) in [7, 11) is 5.31. The van der Waals surface area contributed by atoms with Gasteiger partial charge in [0.2, 0.25) is 0 Å². The molecule has 0 N–H and O–H groups in total. The van der Waals surface area contributed by atoms with Crippen LogP contribution in [0.25, 0.3) is 5.70 Å². The molecule has 2 aliphatic rings. The van der Waals surface area contributed by atoms with Gasteiger partial charge >= 0.3 is 0 Å². The molecule has 2 aliphatic heterocycles. The average molecular weight is 392 g/mol. The van der Waals surface area contributed by atoms with Crippen molar-refractivity contribution in [3.63, 3.8) is 0 Å². The number of benzene rings is 2. The highest BCUT2D eigenvalue weighted by molar-refractivity contribution is 6.07. The summed E-state index contributed by atoms with van der Waals surface area (Å²) in [5.74, 6) is 1.47. The van der Waals surface area contributed by atoms with E-state index in [0.29, 0.717) is 17.9 Å². The summed E-state index contributed by atoms with van der Waals surface area (Å²) >= 11 is 0. The smallest absolute Gasteiger partial charge is 0.252 e. The number of amides is 1. The summed E-state index contributed by atoms with van der Waals surface area (Å²) in [5.41, 5.74) is 6.21. The second-order valence-corrected chi connectivity index (χ2v) is 7.97.